The van der Waals surface area contributed by atoms with Gasteiger partial charge < -0.3 is 15.0 Å². The van der Waals surface area contributed by atoms with E-state index in [-0.39, 0.29) is 17.4 Å². The quantitative estimate of drug-likeness (QED) is 0.279. The lowest BCUT2D eigenvalue weighted by Crippen LogP contribution is -2.15. The highest BCUT2D eigenvalue weighted by atomic mass is 79.9. The number of phenolic OH excluding ortho intramolecular Hbond substituents is 1. The molecular weight excluding hydrogens is 544 g/mol. The van der Waals surface area contributed by atoms with E-state index in [1.807, 2.05) is 47.9 Å². The standard InChI is InChI=1S/C22H18Br2N4O2S/c1-2-28-21(16-11-13(23)7-10-19(16)29)26-27-22(28)31-12-20(30)25-18-9-8-17(24)14-5-3-4-6-15(14)18/h3-11,29H,2,12H2,1H3,(H,25,30). The Labute approximate surface area is 200 Å². The van der Waals surface area contributed by atoms with Crippen LogP contribution in [-0.2, 0) is 11.3 Å². The fourth-order valence-electron chi connectivity index (χ4n) is 3.25. The average Bonchev–Trinajstić information content (AvgIpc) is 3.19. The van der Waals surface area contributed by atoms with Crippen molar-refractivity contribution in [1.29, 1.82) is 0 Å². The van der Waals surface area contributed by atoms with Crippen molar-refractivity contribution < 1.29 is 9.90 Å². The third kappa shape index (κ3) is 4.63. The molecule has 0 aliphatic rings. The van der Waals surface area contributed by atoms with Crippen LogP contribution >= 0.6 is 43.6 Å². The average molecular weight is 562 g/mol. The normalized spacial score (nSPS) is 11.1. The molecule has 3 aromatic carbocycles. The summed E-state index contributed by atoms with van der Waals surface area (Å²) in [5, 5.41) is 24.3. The number of carbonyl (C=O) groups is 1. The predicted molar refractivity (Wildman–Crippen MR) is 131 cm³/mol. The van der Waals surface area contributed by atoms with Gasteiger partial charge in [0.05, 0.1) is 11.3 Å². The molecule has 0 unspecified atom stereocenters. The van der Waals surface area contributed by atoms with E-state index >= 15 is 0 Å². The van der Waals surface area contributed by atoms with Crippen LogP contribution in [0.15, 0.2) is 68.7 Å². The number of carbonyl (C=O) groups excluding carboxylic acids is 1. The number of hydrogen-bond acceptors (Lipinski definition) is 5. The number of nitrogens with zero attached hydrogens (tertiary/aromatic N) is 3. The van der Waals surface area contributed by atoms with Gasteiger partial charge in [0.15, 0.2) is 11.0 Å². The first-order valence-electron chi connectivity index (χ1n) is 9.50. The summed E-state index contributed by atoms with van der Waals surface area (Å²) in [5.74, 6) is 0.743. The Morgan fingerprint density at radius 2 is 1.87 bits per heavy atom. The number of aromatic nitrogens is 3. The highest BCUT2D eigenvalue weighted by Crippen LogP contribution is 2.33. The molecule has 0 bridgehead atoms. The Balaban J connectivity index is 1.51. The van der Waals surface area contributed by atoms with E-state index in [1.54, 1.807) is 18.2 Å². The van der Waals surface area contributed by atoms with Crippen LogP contribution in [0, 0.1) is 0 Å². The second-order valence-corrected chi connectivity index (χ2v) is 9.40. The zero-order valence-electron chi connectivity index (χ0n) is 16.5. The number of nitrogens with one attached hydrogen (secondary N) is 1. The van der Waals surface area contributed by atoms with Crippen LogP contribution in [0.5, 0.6) is 5.75 Å². The van der Waals surface area contributed by atoms with Gasteiger partial charge in [-0.2, -0.15) is 0 Å². The summed E-state index contributed by atoms with van der Waals surface area (Å²) in [6.45, 7) is 2.58. The van der Waals surface area contributed by atoms with Crippen LogP contribution in [0.1, 0.15) is 6.92 Å². The van der Waals surface area contributed by atoms with Gasteiger partial charge in [-0.25, -0.2) is 0 Å². The molecule has 6 nitrogen and oxygen atoms in total. The first-order chi connectivity index (χ1) is 15.0. The highest BCUT2D eigenvalue weighted by molar-refractivity contribution is 9.11. The molecule has 0 saturated heterocycles. The zero-order chi connectivity index (χ0) is 22.0. The van der Waals surface area contributed by atoms with Crippen molar-refractivity contribution >= 4 is 66.0 Å². The molecule has 1 heterocycles. The predicted octanol–water partition coefficient (Wildman–Crippen LogP) is 6.08. The van der Waals surface area contributed by atoms with E-state index in [4.69, 9.17) is 0 Å². The lowest BCUT2D eigenvalue weighted by Gasteiger charge is -2.11. The summed E-state index contributed by atoms with van der Waals surface area (Å²) >= 11 is 8.28. The van der Waals surface area contributed by atoms with Gasteiger partial charge in [0.2, 0.25) is 5.91 Å². The number of aromatic hydroxyl groups is 1. The summed E-state index contributed by atoms with van der Waals surface area (Å²) in [5.41, 5.74) is 1.35. The molecule has 31 heavy (non-hydrogen) atoms. The number of benzene rings is 3. The molecule has 0 radical (unpaired) electrons. The van der Waals surface area contributed by atoms with E-state index in [1.165, 1.54) is 11.8 Å². The molecule has 158 valence electrons. The topological polar surface area (TPSA) is 80.0 Å². The largest absolute Gasteiger partial charge is 0.507 e. The van der Waals surface area contributed by atoms with Crippen molar-refractivity contribution in [2.45, 2.75) is 18.6 Å². The lowest BCUT2D eigenvalue weighted by molar-refractivity contribution is -0.113. The summed E-state index contributed by atoms with van der Waals surface area (Å²) in [7, 11) is 0. The maximum Gasteiger partial charge on any atom is 0.234 e. The van der Waals surface area contributed by atoms with Gasteiger partial charge >= 0.3 is 0 Å². The van der Waals surface area contributed by atoms with Gasteiger partial charge in [0, 0.05) is 26.6 Å². The number of anilines is 1. The summed E-state index contributed by atoms with van der Waals surface area (Å²) < 4.78 is 3.70. The van der Waals surface area contributed by atoms with Gasteiger partial charge in [-0.05, 0) is 42.6 Å². The van der Waals surface area contributed by atoms with Crippen molar-refractivity contribution in [3.8, 4) is 17.1 Å². The summed E-state index contributed by atoms with van der Waals surface area (Å²) in [4.78, 5) is 12.6. The molecule has 2 N–H and O–H groups in total. The Kier molecular flexibility index (Phi) is 6.64. The van der Waals surface area contributed by atoms with Crippen LogP contribution in [0.25, 0.3) is 22.2 Å². The number of amides is 1. The number of halogens is 2. The molecule has 0 fully saturated rings. The zero-order valence-corrected chi connectivity index (χ0v) is 20.5. The Hall–Kier alpha value is -2.36. The van der Waals surface area contributed by atoms with Gasteiger partial charge in [-0.15, -0.1) is 10.2 Å². The fourth-order valence-corrected chi connectivity index (χ4v) is 4.90. The van der Waals surface area contributed by atoms with Crippen LogP contribution < -0.4 is 5.32 Å². The number of hydrogen-bond donors (Lipinski definition) is 2. The summed E-state index contributed by atoms with van der Waals surface area (Å²) in [6, 6.07) is 16.9. The SMILES string of the molecule is CCn1c(SCC(=O)Nc2ccc(Br)c3ccccc23)nnc1-c1cc(Br)ccc1O. The van der Waals surface area contributed by atoms with Gasteiger partial charge in [0.1, 0.15) is 5.75 Å². The van der Waals surface area contributed by atoms with E-state index in [0.717, 1.165) is 25.4 Å². The second kappa shape index (κ2) is 9.42. The molecule has 9 heteroatoms. The van der Waals surface area contributed by atoms with Crippen LogP contribution in [0.4, 0.5) is 5.69 Å². The molecule has 4 aromatic rings. The molecule has 0 aliphatic carbocycles. The molecule has 4 rings (SSSR count). The maximum atomic E-state index is 12.6. The number of phenols is 1. The van der Waals surface area contributed by atoms with Crippen LogP contribution in [0.2, 0.25) is 0 Å². The molecule has 1 aromatic heterocycles. The van der Waals surface area contributed by atoms with Gasteiger partial charge in [0.25, 0.3) is 0 Å². The van der Waals surface area contributed by atoms with E-state index in [2.05, 4.69) is 47.4 Å². The molecule has 0 aliphatic heterocycles. The minimum atomic E-state index is -0.130. The van der Waals surface area contributed by atoms with Gasteiger partial charge in [-0.3, -0.25) is 4.79 Å². The second-order valence-electron chi connectivity index (χ2n) is 6.69. The van der Waals surface area contributed by atoms with Crippen molar-refractivity contribution in [2.24, 2.45) is 0 Å². The summed E-state index contributed by atoms with van der Waals surface area (Å²) in [6.07, 6.45) is 0. The van der Waals surface area contributed by atoms with E-state index in [9.17, 15) is 9.90 Å². The third-order valence-corrected chi connectivity index (χ3v) is 6.86. The fraction of sp³-hybridized carbons (Fsp3) is 0.136. The Morgan fingerprint density at radius 1 is 1.10 bits per heavy atom. The van der Waals surface area contributed by atoms with Gasteiger partial charge in [-0.1, -0.05) is 67.9 Å². The van der Waals surface area contributed by atoms with Crippen molar-refractivity contribution in [3.05, 3.63) is 63.5 Å². The minimum absolute atomic E-state index is 0.127. The van der Waals surface area contributed by atoms with E-state index in [0.29, 0.717) is 23.1 Å². The number of fused-ring (bicyclic) bond motifs is 1. The number of thioether (sulfide) groups is 1. The Morgan fingerprint density at radius 3 is 2.65 bits per heavy atom. The third-order valence-electron chi connectivity index (χ3n) is 4.71. The molecule has 0 atom stereocenters. The monoisotopic (exact) mass is 560 g/mol. The first kappa shape index (κ1) is 21.9. The lowest BCUT2D eigenvalue weighted by atomic mass is 10.1. The molecular formula is C22H18Br2N4O2S. The first-order valence-corrected chi connectivity index (χ1v) is 12.1. The molecule has 0 spiro atoms. The van der Waals surface area contributed by atoms with Crippen LogP contribution in [0.3, 0.4) is 0 Å². The number of rotatable bonds is 6. The highest BCUT2D eigenvalue weighted by Gasteiger charge is 2.18. The van der Waals surface area contributed by atoms with E-state index < -0.39 is 0 Å². The van der Waals surface area contributed by atoms with Crippen LogP contribution in [-0.4, -0.2) is 31.5 Å². The molecule has 0 saturated carbocycles. The maximum absolute atomic E-state index is 12.6. The van der Waals surface area contributed by atoms with Crippen molar-refractivity contribution in [3.63, 3.8) is 0 Å². The van der Waals surface area contributed by atoms with Crippen molar-refractivity contribution in [2.75, 3.05) is 11.1 Å². The molecule has 1 amide bonds. The smallest absolute Gasteiger partial charge is 0.234 e. The van der Waals surface area contributed by atoms with Crippen molar-refractivity contribution in [1.82, 2.24) is 14.8 Å². The Bertz CT molecular complexity index is 1280. The minimum Gasteiger partial charge on any atom is -0.507 e.